The predicted octanol–water partition coefficient (Wildman–Crippen LogP) is 3.30. The van der Waals surface area contributed by atoms with Gasteiger partial charge in [0.1, 0.15) is 0 Å². The van der Waals surface area contributed by atoms with E-state index in [1.165, 1.54) is 7.11 Å². The Labute approximate surface area is 96.9 Å². The summed E-state index contributed by atoms with van der Waals surface area (Å²) in [6.45, 7) is 5.94. The Morgan fingerprint density at radius 2 is 2.00 bits per heavy atom. The molecule has 0 aliphatic heterocycles. The van der Waals surface area contributed by atoms with Gasteiger partial charge in [-0.1, -0.05) is 50.3 Å². The van der Waals surface area contributed by atoms with Gasteiger partial charge in [-0.3, -0.25) is 0 Å². The van der Waals surface area contributed by atoms with E-state index in [0.717, 1.165) is 18.4 Å². The minimum Gasteiger partial charge on any atom is -0.466 e. The highest BCUT2D eigenvalue weighted by Crippen LogP contribution is 2.28. The smallest absolute Gasteiger partial charge is 0.333 e. The summed E-state index contributed by atoms with van der Waals surface area (Å²) in [4.78, 5) is 11.5. The highest BCUT2D eigenvalue weighted by molar-refractivity contribution is 5.89. The summed E-state index contributed by atoms with van der Waals surface area (Å²) in [5.41, 5.74) is 1.66. The molecule has 1 aromatic rings. The largest absolute Gasteiger partial charge is 0.466 e. The van der Waals surface area contributed by atoms with Crippen LogP contribution in [0.25, 0.3) is 0 Å². The summed E-state index contributed by atoms with van der Waals surface area (Å²) >= 11 is 0. The molecule has 86 valence electrons. The number of rotatable bonds is 5. The van der Waals surface area contributed by atoms with E-state index in [1.54, 1.807) is 0 Å². The Balaban J connectivity index is 2.91. The Hall–Kier alpha value is -1.57. The summed E-state index contributed by atoms with van der Waals surface area (Å²) in [5.74, 6) is -0.249. The Morgan fingerprint density at radius 1 is 1.38 bits per heavy atom. The second kappa shape index (κ2) is 6.11. The van der Waals surface area contributed by atoms with Crippen LogP contribution in [0, 0.1) is 0 Å². The fourth-order valence-electron chi connectivity index (χ4n) is 1.79. The van der Waals surface area contributed by atoms with Crippen molar-refractivity contribution >= 4 is 5.97 Å². The minimum absolute atomic E-state index is 0.0682. The zero-order valence-electron chi connectivity index (χ0n) is 9.90. The van der Waals surface area contributed by atoms with Crippen LogP contribution in [0.3, 0.4) is 0 Å². The fourth-order valence-corrected chi connectivity index (χ4v) is 1.79. The van der Waals surface area contributed by atoms with E-state index < -0.39 is 0 Å². The van der Waals surface area contributed by atoms with Crippen molar-refractivity contribution in [3.8, 4) is 0 Å². The van der Waals surface area contributed by atoms with Crippen molar-refractivity contribution < 1.29 is 9.53 Å². The molecule has 0 saturated heterocycles. The van der Waals surface area contributed by atoms with Gasteiger partial charge < -0.3 is 4.74 Å². The van der Waals surface area contributed by atoms with Crippen molar-refractivity contribution in [1.82, 2.24) is 0 Å². The monoisotopic (exact) mass is 218 g/mol. The molecule has 0 bridgehead atoms. The Kier molecular flexibility index (Phi) is 4.77. The van der Waals surface area contributed by atoms with E-state index in [0.29, 0.717) is 5.57 Å². The van der Waals surface area contributed by atoms with E-state index in [2.05, 4.69) is 13.5 Å². The van der Waals surface area contributed by atoms with Crippen LogP contribution < -0.4 is 0 Å². The molecular formula is C14H18O2. The number of carbonyl (C=O) groups is 1. The molecule has 0 spiro atoms. The molecule has 0 aliphatic carbocycles. The summed E-state index contributed by atoms with van der Waals surface area (Å²) in [5, 5.41) is 0. The van der Waals surface area contributed by atoms with Gasteiger partial charge in [0, 0.05) is 11.5 Å². The van der Waals surface area contributed by atoms with Crippen molar-refractivity contribution in [3.05, 3.63) is 48.0 Å². The number of benzene rings is 1. The lowest BCUT2D eigenvalue weighted by Crippen LogP contribution is -2.12. The van der Waals surface area contributed by atoms with Crippen LogP contribution in [0.5, 0.6) is 0 Å². The zero-order chi connectivity index (χ0) is 12.0. The maximum atomic E-state index is 11.5. The van der Waals surface area contributed by atoms with Crippen LogP contribution >= 0.6 is 0 Å². The third-order valence-electron chi connectivity index (χ3n) is 2.65. The molecule has 2 nitrogen and oxygen atoms in total. The summed E-state index contributed by atoms with van der Waals surface area (Å²) in [7, 11) is 1.39. The van der Waals surface area contributed by atoms with Gasteiger partial charge in [0.25, 0.3) is 0 Å². The molecule has 2 heteroatoms. The maximum Gasteiger partial charge on any atom is 0.333 e. The second-order valence-corrected chi connectivity index (χ2v) is 3.77. The summed E-state index contributed by atoms with van der Waals surface area (Å²) < 4.78 is 4.72. The predicted molar refractivity (Wildman–Crippen MR) is 65.2 cm³/mol. The molecule has 0 fully saturated rings. The molecule has 0 radical (unpaired) electrons. The average molecular weight is 218 g/mol. The van der Waals surface area contributed by atoms with Crippen LogP contribution in [0.4, 0.5) is 0 Å². The molecule has 1 aromatic carbocycles. The van der Waals surface area contributed by atoms with Crippen molar-refractivity contribution in [3.63, 3.8) is 0 Å². The van der Waals surface area contributed by atoms with E-state index in [9.17, 15) is 4.79 Å². The molecule has 1 unspecified atom stereocenters. The van der Waals surface area contributed by atoms with Crippen LogP contribution in [0.1, 0.15) is 31.2 Å². The van der Waals surface area contributed by atoms with Crippen molar-refractivity contribution in [2.45, 2.75) is 25.7 Å². The molecule has 0 heterocycles. The first-order valence-electron chi connectivity index (χ1n) is 5.52. The van der Waals surface area contributed by atoms with Crippen LogP contribution in [0.2, 0.25) is 0 Å². The molecule has 0 saturated carbocycles. The molecule has 1 atom stereocenters. The number of ether oxygens (including phenoxy) is 1. The first-order chi connectivity index (χ1) is 7.70. The molecule has 0 aliphatic rings. The number of methoxy groups -OCH3 is 1. The van der Waals surface area contributed by atoms with Gasteiger partial charge in [0.2, 0.25) is 0 Å². The van der Waals surface area contributed by atoms with Crippen molar-refractivity contribution in [2.75, 3.05) is 7.11 Å². The normalized spacial score (nSPS) is 11.9. The van der Waals surface area contributed by atoms with Crippen molar-refractivity contribution in [1.29, 1.82) is 0 Å². The number of hydrogen-bond donors (Lipinski definition) is 0. The van der Waals surface area contributed by atoms with E-state index in [-0.39, 0.29) is 11.9 Å². The summed E-state index contributed by atoms with van der Waals surface area (Å²) in [6, 6.07) is 9.96. The maximum absolute atomic E-state index is 11.5. The van der Waals surface area contributed by atoms with Crippen LogP contribution in [-0.2, 0) is 9.53 Å². The highest BCUT2D eigenvalue weighted by Gasteiger charge is 2.20. The molecular weight excluding hydrogens is 200 g/mol. The second-order valence-electron chi connectivity index (χ2n) is 3.77. The van der Waals surface area contributed by atoms with Crippen molar-refractivity contribution in [2.24, 2.45) is 0 Å². The number of esters is 1. The first kappa shape index (κ1) is 12.5. The van der Waals surface area contributed by atoms with Crippen LogP contribution in [0.15, 0.2) is 42.5 Å². The van der Waals surface area contributed by atoms with Gasteiger partial charge in [-0.15, -0.1) is 0 Å². The topological polar surface area (TPSA) is 26.3 Å². The SMILES string of the molecule is C=C(C(=O)OC)C(CCC)c1ccccc1. The van der Waals surface area contributed by atoms with Gasteiger partial charge in [-0.2, -0.15) is 0 Å². The van der Waals surface area contributed by atoms with Gasteiger partial charge in [-0.05, 0) is 12.0 Å². The minimum atomic E-state index is -0.317. The zero-order valence-corrected chi connectivity index (χ0v) is 9.90. The van der Waals surface area contributed by atoms with Gasteiger partial charge in [0.15, 0.2) is 0 Å². The molecule has 1 rings (SSSR count). The molecule has 16 heavy (non-hydrogen) atoms. The standard InChI is InChI=1S/C14H18O2/c1-4-8-13(11(2)14(15)16-3)12-9-6-5-7-10-12/h5-7,9-10,13H,2,4,8H2,1,3H3. The first-order valence-corrected chi connectivity index (χ1v) is 5.52. The highest BCUT2D eigenvalue weighted by atomic mass is 16.5. The van der Waals surface area contributed by atoms with Gasteiger partial charge >= 0.3 is 5.97 Å². The average Bonchev–Trinajstić information content (AvgIpc) is 2.35. The molecule has 0 N–H and O–H groups in total. The molecule has 0 amide bonds. The lowest BCUT2D eigenvalue weighted by molar-refractivity contribution is -0.136. The molecule has 0 aromatic heterocycles. The number of hydrogen-bond acceptors (Lipinski definition) is 2. The van der Waals surface area contributed by atoms with Gasteiger partial charge in [0.05, 0.1) is 7.11 Å². The Bertz CT molecular complexity index is 354. The number of carbonyl (C=O) groups excluding carboxylic acids is 1. The lowest BCUT2D eigenvalue weighted by Gasteiger charge is -2.17. The van der Waals surface area contributed by atoms with E-state index >= 15 is 0 Å². The van der Waals surface area contributed by atoms with Gasteiger partial charge in [-0.25, -0.2) is 4.79 Å². The third-order valence-corrected chi connectivity index (χ3v) is 2.65. The van der Waals surface area contributed by atoms with Crippen LogP contribution in [-0.4, -0.2) is 13.1 Å². The summed E-state index contributed by atoms with van der Waals surface area (Å²) in [6.07, 6.45) is 1.92. The fraction of sp³-hybridized carbons (Fsp3) is 0.357. The van der Waals surface area contributed by atoms with E-state index in [1.807, 2.05) is 30.3 Å². The lowest BCUT2D eigenvalue weighted by atomic mass is 9.88. The third kappa shape index (κ3) is 2.96. The Morgan fingerprint density at radius 3 is 2.50 bits per heavy atom. The van der Waals surface area contributed by atoms with E-state index in [4.69, 9.17) is 4.74 Å². The quantitative estimate of drug-likeness (QED) is 0.560.